The predicted molar refractivity (Wildman–Crippen MR) is 82.1 cm³/mol. The number of nitrogens with one attached hydrogen (secondary N) is 1. The van der Waals surface area contributed by atoms with Crippen LogP contribution < -0.4 is 5.32 Å². The molecule has 2 aliphatic rings. The molecule has 20 heavy (non-hydrogen) atoms. The average molecular weight is 284 g/mol. The molecule has 1 saturated heterocycles. The highest BCUT2D eigenvalue weighted by atomic mass is 16.5. The number of hydrogen-bond acceptors (Lipinski definition) is 4. The van der Waals surface area contributed by atoms with Gasteiger partial charge in [-0.3, -0.25) is 4.90 Å². The first-order valence-corrected chi connectivity index (χ1v) is 8.29. The van der Waals surface area contributed by atoms with E-state index in [2.05, 4.69) is 31.0 Å². The van der Waals surface area contributed by atoms with Crippen LogP contribution in [0.3, 0.4) is 0 Å². The monoisotopic (exact) mass is 284 g/mol. The molecule has 2 rings (SSSR count). The molecule has 4 nitrogen and oxygen atoms in total. The highest BCUT2D eigenvalue weighted by Crippen LogP contribution is 2.27. The van der Waals surface area contributed by atoms with Gasteiger partial charge in [0.15, 0.2) is 0 Å². The third-order valence-electron chi connectivity index (χ3n) is 4.87. The standard InChI is InChI=1S/C16H32N2O2/c1-5-20-15-10-13(16(15)19-4)17-11-14(12(2)3)18-8-6-7-9-18/h12-17H,5-11H2,1-4H3. The molecule has 1 saturated carbocycles. The molecule has 4 unspecified atom stereocenters. The number of likely N-dealkylation sites (tertiary alicyclic amines) is 1. The van der Waals surface area contributed by atoms with Crippen molar-refractivity contribution in [2.75, 3.05) is 33.4 Å². The summed E-state index contributed by atoms with van der Waals surface area (Å²) in [5.74, 6) is 0.698. The normalized spacial score (nSPS) is 32.5. The quantitative estimate of drug-likeness (QED) is 0.738. The maximum atomic E-state index is 5.69. The van der Waals surface area contributed by atoms with Crippen LogP contribution in [-0.2, 0) is 9.47 Å². The Bertz CT molecular complexity index is 280. The van der Waals surface area contributed by atoms with E-state index in [0.29, 0.717) is 18.0 Å². The van der Waals surface area contributed by atoms with Gasteiger partial charge in [-0.05, 0) is 45.2 Å². The van der Waals surface area contributed by atoms with Gasteiger partial charge in [0.1, 0.15) is 0 Å². The third-order valence-corrected chi connectivity index (χ3v) is 4.87. The highest BCUT2D eigenvalue weighted by molar-refractivity contribution is 4.98. The molecule has 0 radical (unpaired) electrons. The zero-order valence-corrected chi connectivity index (χ0v) is 13.6. The zero-order valence-electron chi connectivity index (χ0n) is 13.6. The number of methoxy groups -OCH3 is 1. The molecule has 1 aliphatic heterocycles. The smallest absolute Gasteiger partial charge is 0.0986 e. The van der Waals surface area contributed by atoms with Gasteiger partial charge in [0.05, 0.1) is 12.2 Å². The van der Waals surface area contributed by atoms with E-state index in [9.17, 15) is 0 Å². The molecule has 1 heterocycles. The minimum Gasteiger partial charge on any atom is -0.377 e. The largest absolute Gasteiger partial charge is 0.377 e. The molecule has 2 fully saturated rings. The van der Waals surface area contributed by atoms with Crippen molar-refractivity contribution in [3.05, 3.63) is 0 Å². The van der Waals surface area contributed by atoms with E-state index in [-0.39, 0.29) is 12.2 Å². The number of ether oxygens (including phenoxy) is 2. The van der Waals surface area contributed by atoms with E-state index in [4.69, 9.17) is 9.47 Å². The van der Waals surface area contributed by atoms with E-state index >= 15 is 0 Å². The van der Waals surface area contributed by atoms with Crippen LogP contribution in [0.5, 0.6) is 0 Å². The minimum absolute atomic E-state index is 0.223. The zero-order chi connectivity index (χ0) is 14.5. The van der Waals surface area contributed by atoms with E-state index in [1.54, 1.807) is 7.11 Å². The van der Waals surface area contributed by atoms with E-state index in [0.717, 1.165) is 19.6 Å². The van der Waals surface area contributed by atoms with Gasteiger partial charge in [0, 0.05) is 32.3 Å². The number of nitrogens with zero attached hydrogens (tertiary/aromatic N) is 1. The summed E-state index contributed by atoms with van der Waals surface area (Å²) in [6, 6.07) is 1.11. The topological polar surface area (TPSA) is 33.7 Å². The first-order valence-electron chi connectivity index (χ1n) is 8.29. The molecule has 1 N–H and O–H groups in total. The van der Waals surface area contributed by atoms with Crippen LogP contribution >= 0.6 is 0 Å². The fraction of sp³-hybridized carbons (Fsp3) is 1.00. The summed E-state index contributed by atoms with van der Waals surface area (Å²) in [5, 5.41) is 3.72. The van der Waals surface area contributed by atoms with Gasteiger partial charge in [-0.1, -0.05) is 13.8 Å². The summed E-state index contributed by atoms with van der Waals surface area (Å²) in [7, 11) is 1.80. The Labute approximate surface area is 124 Å². The Hall–Kier alpha value is -0.160. The molecule has 0 bridgehead atoms. The Balaban J connectivity index is 1.78. The summed E-state index contributed by atoms with van der Waals surface area (Å²) in [4.78, 5) is 2.65. The second kappa shape index (κ2) is 7.74. The SMILES string of the molecule is CCOC1CC(NCC(C(C)C)N2CCCC2)C1OC. The second-order valence-electron chi connectivity index (χ2n) is 6.50. The molecule has 0 spiro atoms. The van der Waals surface area contributed by atoms with Crippen molar-refractivity contribution in [2.24, 2.45) is 5.92 Å². The molecular formula is C16H32N2O2. The van der Waals surface area contributed by atoms with E-state index < -0.39 is 0 Å². The van der Waals surface area contributed by atoms with Crippen molar-refractivity contribution >= 4 is 0 Å². The molecule has 0 aromatic rings. The van der Waals surface area contributed by atoms with Crippen molar-refractivity contribution in [3.8, 4) is 0 Å². The van der Waals surface area contributed by atoms with Crippen LogP contribution in [-0.4, -0.2) is 62.5 Å². The van der Waals surface area contributed by atoms with Gasteiger partial charge in [-0.25, -0.2) is 0 Å². The van der Waals surface area contributed by atoms with Gasteiger partial charge < -0.3 is 14.8 Å². The lowest BCUT2D eigenvalue weighted by Crippen LogP contribution is -2.61. The first kappa shape index (κ1) is 16.2. The lowest BCUT2D eigenvalue weighted by Gasteiger charge is -2.44. The average Bonchev–Trinajstić information content (AvgIpc) is 2.90. The minimum atomic E-state index is 0.223. The van der Waals surface area contributed by atoms with Crippen molar-refractivity contribution < 1.29 is 9.47 Å². The molecule has 118 valence electrons. The Morgan fingerprint density at radius 3 is 2.50 bits per heavy atom. The summed E-state index contributed by atoms with van der Waals surface area (Å²) >= 11 is 0. The molecule has 4 atom stereocenters. The van der Waals surface area contributed by atoms with Crippen molar-refractivity contribution in [2.45, 2.75) is 64.3 Å². The maximum Gasteiger partial charge on any atom is 0.0986 e. The second-order valence-corrected chi connectivity index (χ2v) is 6.50. The molecule has 4 heteroatoms. The number of hydrogen-bond donors (Lipinski definition) is 1. The maximum absolute atomic E-state index is 5.69. The molecule has 1 aliphatic carbocycles. The highest BCUT2D eigenvalue weighted by Gasteiger charge is 2.42. The number of rotatable bonds is 8. The van der Waals surface area contributed by atoms with Gasteiger partial charge in [0.2, 0.25) is 0 Å². The van der Waals surface area contributed by atoms with Gasteiger partial charge in [-0.2, -0.15) is 0 Å². The Morgan fingerprint density at radius 1 is 1.25 bits per heavy atom. The molecule has 0 aromatic heterocycles. The van der Waals surface area contributed by atoms with Crippen LogP contribution in [0.2, 0.25) is 0 Å². The van der Waals surface area contributed by atoms with Crippen LogP contribution in [0, 0.1) is 5.92 Å². The fourth-order valence-corrected chi connectivity index (χ4v) is 3.61. The Morgan fingerprint density at radius 2 is 1.95 bits per heavy atom. The summed E-state index contributed by atoms with van der Waals surface area (Å²) in [5.41, 5.74) is 0. The predicted octanol–water partition coefficient (Wildman–Crippen LogP) is 1.89. The van der Waals surface area contributed by atoms with Crippen molar-refractivity contribution in [3.63, 3.8) is 0 Å². The Kier molecular flexibility index (Phi) is 6.27. The lowest BCUT2D eigenvalue weighted by molar-refractivity contribution is -0.132. The molecule has 0 aromatic carbocycles. The van der Waals surface area contributed by atoms with Crippen molar-refractivity contribution in [1.82, 2.24) is 10.2 Å². The first-order chi connectivity index (χ1) is 9.67. The van der Waals surface area contributed by atoms with Crippen LogP contribution in [0.1, 0.15) is 40.0 Å². The summed E-state index contributed by atoms with van der Waals surface area (Å²) in [6.45, 7) is 11.1. The summed E-state index contributed by atoms with van der Waals surface area (Å²) in [6.07, 6.45) is 4.31. The van der Waals surface area contributed by atoms with Crippen LogP contribution in [0.15, 0.2) is 0 Å². The van der Waals surface area contributed by atoms with Crippen LogP contribution in [0.4, 0.5) is 0 Å². The third kappa shape index (κ3) is 3.73. The molecular weight excluding hydrogens is 252 g/mol. The van der Waals surface area contributed by atoms with Gasteiger partial charge in [0.25, 0.3) is 0 Å². The van der Waals surface area contributed by atoms with E-state index in [1.807, 2.05) is 0 Å². The van der Waals surface area contributed by atoms with Crippen molar-refractivity contribution in [1.29, 1.82) is 0 Å². The fourth-order valence-electron chi connectivity index (χ4n) is 3.61. The molecule has 0 amide bonds. The summed E-state index contributed by atoms with van der Waals surface area (Å²) < 4.78 is 11.3. The van der Waals surface area contributed by atoms with Crippen LogP contribution in [0.25, 0.3) is 0 Å². The van der Waals surface area contributed by atoms with E-state index in [1.165, 1.54) is 25.9 Å². The lowest BCUT2D eigenvalue weighted by atomic mass is 9.84. The van der Waals surface area contributed by atoms with Gasteiger partial charge >= 0.3 is 0 Å². The van der Waals surface area contributed by atoms with Gasteiger partial charge in [-0.15, -0.1) is 0 Å².